The first-order chi connectivity index (χ1) is 9.03. The van der Waals surface area contributed by atoms with Crippen LogP contribution >= 0.6 is 0 Å². The molecule has 2 atom stereocenters. The van der Waals surface area contributed by atoms with Crippen LogP contribution in [0, 0.1) is 11.8 Å². The maximum atomic E-state index is 12.1. The standard InChI is InChI=1S/C12H21N3O3S/c1-10-3-2-4-11(10)7-14-19(17,18)12-8-13-15(9-12)5-6-16/h8-11,14,16H,2-7H2,1H3. The number of nitrogens with zero attached hydrogens (tertiary/aromatic N) is 2. The van der Waals surface area contributed by atoms with Crippen molar-refractivity contribution in [1.82, 2.24) is 14.5 Å². The van der Waals surface area contributed by atoms with Gasteiger partial charge in [0.05, 0.1) is 19.3 Å². The third-order valence-electron chi connectivity index (χ3n) is 3.82. The van der Waals surface area contributed by atoms with E-state index in [0.717, 1.165) is 6.42 Å². The number of hydrogen-bond acceptors (Lipinski definition) is 4. The Balaban J connectivity index is 1.97. The topological polar surface area (TPSA) is 84.2 Å². The lowest BCUT2D eigenvalue weighted by Crippen LogP contribution is -2.30. The monoisotopic (exact) mass is 287 g/mol. The summed E-state index contributed by atoms with van der Waals surface area (Å²) in [6, 6.07) is 0. The average molecular weight is 287 g/mol. The van der Waals surface area contributed by atoms with Gasteiger partial charge in [-0.2, -0.15) is 5.10 Å². The molecule has 1 heterocycles. The molecule has 0 radical (unpaired) electrons. The molecule has 1 aliphatic carbocycles. The maximum absolute atomic E-state index is 12.1. The van der Waals surface area contributed by atoms with Crippen LogP contribution in [0.3, 0.4) is 0 Å². The van der Waals surface area contributed by atoms with Crippen LogP contribution in [0.15, 0.2) is 17.3 Å². The summed E-state index contributed by atoms with van der Waals surface area (Å²) < 4.78 is 28.3. The number of rotatable bonds is 6. The molecule has 6 nitrogen and oxygen atoms in total. The minimum absolute atomic E-state index is 0.0613. The molecular weight excluding hydrogens is 266 g/mol. The second kappa shape index (κ2) is 6.02. The molecule has 1 aromatic rings. The van der Waals surface area contributed by atoms with Crippen molar-refractivity contribution in [3.8, 4) is 0 Å². The van der Waals surface area contributed by atoms with Gasteiger partial charge in [-0.1, -0.05) is 19.8 Å². The van der Waals surface area contributed by atoms with Crippen molar-refractivity contribution in [2.24, 2.45) is 11.8 Å². The third kappa shape index (κ3) is 3.55. The van der Waals surface area contributed by atoms with Gasteiger partial charge in [0.15, 0.2) is 0 Å². The molecule has 2 N–H and O–H groups in total. The fraction of sp³-hybridized carbons (Fsp3) is 0.750. The lowest BCUT2D eigenvalue weighted by molar-refractivity contribution is 0.269. The highest BCUT2D eigenvalue weighted by Crippen LogP contribution is 2.30. The quantitative estimate of drug-likeness (QED) is 0.802. The molecular formula is C12H21N3O3S. The summed E-state index contributed by atoms with van der Waals surface area (Å²) in [4.78, 5) is 0.159. The summed E-state index contributed by atoms with van der Waals surface area (Å²) in [5, 5.41) is 12.7. The number of nitrogens with one attached hydrogen (secondary N) is 1. The van der Waals surface area contributed by atoms with E-state index < -0.39 is 10.0 Å². The molecule has 0 aliphatic heterocycles. The SMILES string of the molecule is CC1CCCC1CNS(=O)(=O)c1cnn(CCO)c1. The van der Waals surface area contributed by atoms with Crippen LogP contribution in [0.5, 0.6) is 0 Å². The molecule has 2 unspecified atom stereocenters. The van der Waals surface area contributed by atoms with E-state index in [1.807, 2.05) is 0 Å². The minimum atomic E-state index is -3.48. The van der Waals surface area contributed by atoms with Gasteiger partial charge in [-0.05, 0) is 18.3 Å². The number of aromatic nitrogens is 2. The molecule has 7 heteroatoms. The smallest absolute Gasteiger partial charge is 0.243 e. The van der Waals surface area contributed by atoms with Gasteiger partial charge in [0.2, 0.25) is 10.0 Å². The predicted octanol–water partition coefficient (Wildman–Crippen LogP) is 0.590. The number of hydrogen-bond donors (Lipinski definition) is 2. The molecule has 0 saturated heterocycles. The Morgan fingerprint density at radius 1 is 1.53 bits per heavy atom. The molecule has 0 bridgehead atoms. The summed E-state index contributed by atoms with van der Waals surface area (Å²) >= 11 is 0. The molecule has 1 saturated carbocycles. The molecule has 1 aromatic heterocycles. The number of aliphatic hydroxyl groups excluding tert-OH is 1. The lowest BCUT2D eigenvalue weighted by atomic mass is 9.99. The normalized spacial score (nSPS) is 23.9. The lowest BCUT2D eigenvalue weighted by Gasteiger charge is -2.15. The first kappa shape index (κ1) is 14.5. The van der Waals surface area contributed by atoms with Gasteiger partial charge < -0.3 is 5.11 Å². The van der Waals surface area contributed by atoms with Crippen molar-refractivity contribution < 1.29 is 13.5 Å². The molecule has 1 fully saturated rings. The Morgan fingerprint density at radius 2 is 2.32 bits per heavy atom. The van der Waals surface area contributed by atoms with Crippen LogP contribution < -0.4 is 4.72 Å². The maximum Gasteiger partial charge on any atom is 0.243 e. The Hall–Kier alpha value is -0.920. The number of sulfonamides is 1. The van der Waals surface area contributed by atoms with E-state index in [9.17, 15) is 8.42 Å². The van der Waals surface area contributed by atoms with E-state index in [-0.39, 0.29) is 11.5 Å². The van der Waals surface area contributed by atoms with Crippen molar-refractivity contribution in [3.63, 3.8) is 0 Å². The van der Waals surface area contributed by atoms with Crippen LogP contribution in [-0.4, -0.2) is 36.5 Å². The van der Waals surface area contributed by atoms with Crippen molar-refractivity contribution in [2.75, 3.05) is 13.2 Å². The predicted molar refractivity (Wildman–Crippen MR) is 71.0 cm³/mol. The highest BCUT2D eigenvalue weighted by atomic mass is 32.2. The first-order valence-corrected chi connectivity index (χ1v) is 8.14. The molecule has 0 amide bonds. The minimum Gasteiger partial charge on any atom is -0.394 e. The van der Waals surface area contributed by atoms with Gasteiger partial charge in [0, 0.05) is 12.7 Å². The van der Waals surface area contributed by atoms with E-state index in [0.29, 0.717) is 24.9 Å². The van der Waals surface area contributed by atoms with E-state index >= 15 is 0 Å². The van der Waals surface area contributed by atoms with Crippen molar-refractivity contribution in [1.29, 1.82) is 0 Å². The molecule has 19 heavy (non-hydrogen) atoms. The first-order valence-electron chi connectivity index (χ1n) is 6.66. The fourth-order valence-corrected chi connectivity index (χ4v) is 3.58. The Morgan fingerprint density at radius 3 is 2.95 bits per heavy atom. The highest BCUT2D eigenvalue weighted by Gasteiger charge is 2.25. The Labute approximate surface area is 113 Å². The van der Waals surface area contributed by atoms with Gasteiger partial charge in [-0.3, -0.25) is 4.68 Å². The molecule has 0 spiro atoms. The van der Waals surface area contributed by atoms with Gasteiger partial charge in [-0.15, -0.1) is 0 Å². The second-order valence-corrected chi connectivity index (χ2v) is 6.95. The van der Waals surface area contributed by atoms with E-state index in [2.05, 4.69) is 16.7 Å². The zero-order chi connectivity index (χ0) is 13.9. The van der Waals surface area contributed by atoms with Gasteiger partial charge in [0.25, 0.3) is 0 Å². The van der Waals surface area contributed by atoms with Crippen molar-refractivity contribution >= 4 is 10.0 Å². The Bertz CT molecular complexity index is 512. The van der Waals surface area contributed by atoms with E-state index in [1.165, 1.54) is 29.9 Å². The third-order valence-corrected chi connectivity index (χ3v) is 5.20. The zero-order valence-corrected chi connectivity index (χ0v) is 11.9. The Kier molecular flexibility index (Phi) is 4.59. The van der Waals surface area contributed by atoms with Crippen LogP contribution in [0.25, 0.3) is 0 Å². The van der Waals surface area contributed by atoms with Crippen LogP contribution in [0.4, 0.5) is 0 Å². The summed E-state index contributed by atoms with van der Waals surface area (Å²) in [5.74, 6) is 1.02. The van der Waals surface area contributed by atoms with Gasteiger partial charge in [-0.25, -0.2) is 13.1 Å². The van der Waals surface area contributed by atoms with Gasteiger partial charge >= 0.3 is 0 Å². The van der Waals surface area contributed by atoms with Gasteiger partial charge in [0.1, 0.15) is 4.90 Å². The van der Waals surface area contributed by atoms with Crippen molar-refractivity contribution in [2.45, 2.75) is 37.6 Å². The second-order valence-electron chi connectivity index (χ2n) is 5.18. The number of aliphatic hydroxyl groups is 1. The van der Waals surface area contributed by atoms with E-state index in [1.54, 1.807) is 0 Å². The molecule has 1 aliphatic rings. The summed E-state index contributed by atoms with van der Waals surface area (Å²) in [6.45, 7) is 2.91. The largest absolute Gasteiger partial charge is 0.394 e. The summed E-state index contributed by atoms with van der Waals surface area (Å²) in [6.07, 6.45) is 6.21. The van der Waals surface area contributed by atoms with Crippen LogP contribution in [0.2, 0.25) is 0 Å². The van der Waals surface area contributed by atoms with Crippen LogP contribution in [0.1, 0.15) is 26.2 Å². The summed E-state index contributed by atoms with van der Waals surface area (Å²) in [5.41, 5.74) is 0. The summed E-state index contributed by atoms with van der Waals surface area (Å²) in [7, 11) is -3.48. The zero-order valence-electron chi connectivity index (χ0n) is 11.1. The molecule has 108 valence electrons. The van der Waals surface area contributed by atoms with Crippen LogP contribution in [-0.2, 0) is 16.6 Å². The molecule has 2 rings (SSSR count). The van der Waals surface area contributed by atoms with E-state index in [4.69, 9.17) is 5.11 Å². The average Bonchev–Trinajstić information content (AvgIpc) is 2.97. The highest BCUT2D eigenvalue weighted by molar-refractivity contribution is 7.89. The fourth-order valence-electron chi connectivity index (χ4n) is 2.53. The van der Waals surface area contributed by atoms with Crippen molar-refractivity contribution in [3.05, 3.63) is 12.4 Å². The molecule has 0 aromatic carbocycles.